The van der Waals surface area contributed by atoms with Crippen LogP contribution >= 0.6 is 11.3 Å². The SMILES string of the molecule is CCc1nnc(NC(=O)CCNC(=O)Nc2ccc(OC)cc2)s1. The van der Waals surface area contributed by atoms with Gasteiger partial charge in [-0.2, -0.15) is 0 Å². The molecule has 0 bridgehead atoms. The Morgan fingerprint density at radius 3 is 2.54 bits per heavy atom. The molecule has 128 valence electrons. The largest absolute Gasteiger partial charge is 0.497 e. The third-order valence-corrected chi connectivity index (χ3v) is 3.98. The molecule has 3 amide bonds. The summed E-state index contributed by atoms with van der Waals surface area (Å²) in [6.45, 7) is 2.19. The van der Waals surface area contributed by atoms with Gasteiger partial charge in [0.1, 0.15) is 10.8 Å². The molecule has 8 nitrogen and oxygen atoms in total. The van der Waals surface area contributed by atoms with Gasteiger partial charge in [0, 0.05) is 18.7 Å². The van der Waals surface area contributed by atoms with Gasteiger partial charge in [0.05, 0.1) is 7.11 Å². The first-order valence-corrected chi connectivity index (χ1v) is 8.23. The Balaban J connectivity index is 1.68. The molecule has 0 aliphatic carbocycles. The maximum atomic E-state index is 11.8. The van der Waals surface area contributed by atoms with Crippen molar-refractivity contribution < 1.29 is 14.3 Å². The Morgan fingerprint density at radius 1 is 1.17 bits per heavy atom. The second-order valence-corrected chi connectivity index (χ2v) is 5.82. The van der Waals surface area contributed by atoms with E-state index >= 15 is 0 Å². The highest BCUT2D eigenvalue weighted by Crippen LogP contribution is 2.16. The molecule has 0 aliphatic heterocycles. The van der Waals surface area contributed by atoms with Gasteiger partial charge in [-0.3, -0.25) is 4.79 Å². The summed E-state index contributed by atoms with van der Waals surface area (Å²) >= 11 is 1.34. The molecule has 9 heteroatoms. The van der Waals surface area contributed by atoms with E-state index in [0.29, 0.717) is 16.6 Å². The molecule has 0 aliphatic rings. The van der Waals surface area contributed by atoms with Gasteiger partial charge < -0.3 is 20.7 Å². The van der Waals surface area contributed by atoms with E-state index < -0.39 is 0 Å². The first-order valence-electron chi connectivity index (χ1n) is 7.42. The van der Waals surface area contributed by atoms with Crippen LogP contribution in [0.5, 0.6) is 5.75 Å². The van der Waals surface area contributed by atoms with E-state index in [0.717, 1.165) is 11.4 Å². The zero-order valence-corrected chi connectivity index (χ0v) is 14.3. The molecule has 1 heterocycles. The standard InChI is InChI=1S/C15H19N5O3S/c1-3-13-19-20-15(24-13)18-12(21)8-9-16-14(22)17-10-4-6-11(23-2)7-5-10/h4-7H,3,8-9H2,1-2H3,(H2,16,17,22)(H,18,20,21). The van der Waals surface area contributed by atoms with Crippen LogP contribution in [-0.2, 0) is 11.2 Å². The van der Waals surface area contributed by atoms with E-state index in [-0.39, 0.29) is 24.9 Å². The third-order valence-electron chi connectivity index (χ3n) is 3.00. The normalized spacial score (nSPS) is 10.1. The molecular weight excluding hydrogens is 330 g/mol. The molecule has 1 aromatic carbocycles. The number of anilines is 2. The number of aromatic nitrogens is 2. The van der Waals surface area contributed by atoms with E-state index in [2.05, 4.69) is 26.1 Å². The summed E-state index contributed by atoms with van der Waals surface area (Å²) in [6.07, 6.45) is 0.928. The topological polar surface area (TPSA) is 105 Å². The van der Waals surface area contributed by atoms with Crippen molar-refractivity contribution in [3.63, 3.8) is 0 Å². The zero-order chi connectivity index (χ0) is 17.4. The average Bonchev–Trinajstić information content (AvgIpc) is 3.03. The second kappa shape index (κ2) is 8.82. The molecule has 0 fully saturated rings. The van der Waals surface area contributed by atoms with Crippen molar-refractivity contribution >= 4 is 34.1 Å². The Morgan fingerprint density at radius 2 is 1.92 bits per heavy atom. The van der Waals surface area contributed by atoms with Crippen molar-refractivity contribution in [2.75, 3.05) is 24.3 Å². The van der Waals surface area contributed by atoms with E-state index in [4.69, 9.17) is 4.74 Å². The number of rotatable bonds is 7. The molecule has 0 radical (unpaired) electrons. The molecule has 1 aromatic heterocycles. The van der Waals surface area contributed by atoms with Crippen LogP contribution in [0.25, 0.3) is 0 Å². The van der Waals surface area contributed by atoms with Gasteiger partial charge in [0.25, 0.3) is 0 Å². The fourth-order valence-electron chi connectivity index (χ4n) is 1.77. The van der Waals surface area contributed by atoms with Crippen LogP contribution in [0, 0.1) is 0 Å². The summed E-state index contributed by atoms with van der Waals surface area (Å²) in [6, 6.07) is 6.57. The number of methoxy groups -OCH3 is 1. The van der Waals surface area contributed by atoms with Gasteiger partial charge >= 0.3 is 6.03 Å². The summed E-state index contributed by atoms with van der Waals surface area (Å²) in [5.41, 5.74) is 0.638. The fraction of sp³-hybridized carbons (Fsp3) is 0.333. The minimum Gasteiger partial charge on any atom is -0.497 e. The van der Waals surface area contributed by atoms with Gasteiger partial charge in [-0.05, 0) is 30.7 Å². The summed E-state index contributed by atoms with van der Waals surface area (Å²) in [5.74, 6) is 0.485. The van der Waals surface area contributed by atoms with Crippen LogP contribution < -0.4 is 20.7 Å². The van der Waals surface area contributed by atoms with Crippen molar-refractivity contribution in [1.82, 2.24) is 15.5 Å². The summed E-state index contributed by atoms with van der Waals surface area (Å²) < 4.78 is 5.04. The lowest BCUT2D eigenvalue weighted by Crippen LogP contribution is -2.31. The van der Waals surface area contributed by atoms with Crippen LogP contribution in [0.1, 0.15) is 18.4 Å². The zero-order valence-electron chi connectivity index (χ0n) is 13.5. The molecular formula is C15H19N5O3S. The number of nitrogens with zero attached hydrogens (tertiary/aromatic N) is 2. The number of hydrogen-bond donors (Lipinski definition) is 3. The van der Waals surface area contributed by atoms with Crippen molar-refractivity contribution in [2.45, 2.75) is 19.8 Å². The lowest BCUT2D eigenvalue weighted by Gasteiger charge is -2.08. The van der Waals surface area contributed by atoms with Crippen molar-refractivity contribution in [1.29, 1.82) is 0 Å². The lowest BCUT2D eigenvalue weighted by atomic mass is 10.3. The van der Waals surface area contributed by atoms with E-state index in [1.807, 2.05) is 6.92 Å². The van der Waals surface area contributed by atoms with Crippen LogP contribution in [0.2, 0.25) is 0 Å². The summed E-state index contributed by atoms with van der Waals surface area (Å²) in [4.78, 5) is 23.5. The first kappa shape index (κ1) is 17.7. The Kier molecular flexibility index (Phi) is 6.50. The van der Waals surface area contributed by atoms with E-state index in [9.17, 15) is 9.59 Å². The van der Waals surface area contributed by atoms with Gasteiger partial charge in [0.15, 0.2) is 0 Å². The molecule has 0 unspecified atom stereocenters. The highest BCUT2D eigenvalue weighted by atomic mass is 32.1. The molecule has 2 aromatic rings. The number of ether oxygens (including phenoxy) is 1. The predicted molar refractivity (Wildman–Crippen MR) is 92.5 cm³/mol. The smallest absolute Gasteiger partial charge is 0.319 e. The predicted octanol–water partition coefficient (Wildman–Crippen LogP) is 2.26. The van der Waals surface area contributed by atoms with E-state index in [1.54, 1.807) is 31.4 Å². The highest BCUT2D eigenvalue weighted by molar-refractivity contribution is 7.15. The third kappa shape index (κ3) is 5.51. The Labute approximate surface area is 143 Å². The van der Waals surface area contributed by atoms with Crippen LogP contribution in [0.4, 0.5) is 15.6 Å². The van der Waals surface area contributed by atoms with Gasteiger partial charge in [0.2, 0.25) is 11.0 Å². The van der Waals surface area contributed by atoms with Crippen molar-refractivity contribution in [3.05, 3.63) is 29.3 Å². The molecule has 0 saturated heterocycles. The van der Waals surface area contributed by atoms with Crippen LogP contribution in [0.15, 0.2) is 24.3 Å². The number of hydrogen-bond acceptors (Lipinski definition) is 6. The molecule has 3 N–H and O–H groups in total. The number of urea groups is 1. The maximum Gasteiger partial charge on any atom is 0.319 e. The fourth-order valence-corrected chi connectivity index (χ4v) is 2.46. The van der Waals surface area contributed by atoms with Gasteiger partial charge in [-0.15, -0.1) is 10.2 Å². The second-order valence-electron chi connectivity index (χ2n) is 4.76. The number of amides is 3. The summed E-state index contributed by atoms with van der Waals surface area (Å²) in [7, 11) is 1.57. The molecule has 2 rings (SSSR count). The Bertz CT molecular complexity index is 687. The number of benzene rings is 1. The van der Waals surface area contributed by atoms with Gasteiger partial charge in [-0.25, -0.2) is 4.79 Å². The number of carbonyl (C=O) groups excluding carboxylic acids is 2. The van der Waals surface area contributed by atoms with Crippen LogP contribution in [0.3, 0.4) is 0 Å². The van der Waals surface area contributed by atoms with Crippen LogP contribution in [-0.4, -0.2) is 35.8 Å². The quantitative estimate of drug-likeness (QED) is 0.711. The molecule has 0 saturated carbocycles. The maximum absolute atomic E-state index is 11.8. The lowest BCUT2D eigenvalue weighted by molar-refractivity contribution is -0.116. The highest BCUT2D eigenvalue weighted by Gasteiger charge is 2.08. The number of nitrogens with one attached hydrogen (secondary N) is 3. The minimum absolute atomic E-state index is 0.150. The monoisotopic (exact) mass is 349 g/mol. The summed E-state index contributed by atoms with van der Waals surface area (Å²) in [5, 5.41) is 17.1. The molecule has 0 atom stereocenters. The van der Waals surface area contributed by atoms with Gasteiger partial charge in [-0.1, -0.05) is 18.3 Å². The molecule has 0 spiro atoms. The first-order chi connectivity index (χ1) is 11.6. The molecule has 24 heavy (non-hydrogen) atoms. The number of aryl methyl sites for hydroxylation is 1. The minimum atomic E-state index is -0.378. The van der Waals surface area contributed by atoms with Crippen molar-refractivity contribution in [2.24, 2.45) is 0 Å². The Hall–Kier alpha value is -2.68. The van der Waals surface area contributed by atoms with E-state index in [1.165, 1.54) is 11.3 Å². The van der Waals surface area contributed by atoms with Crippen molar-refractivity contribution in [3.8, 4) is 5.75 Å². The average molecular weight is 349 g/mol. The number of carbonyl (C=O) groups is 2.